The second kappa shape index (κ2) is 15.6. The topological polar surface area (TPSA) is 6.48 Å². The smallest absolute Gasteiger partial charge is 0.0618 e. The highest BCUT2D eigenvalue weighted by atomic mass is 15.2. The number of nitrogens with zero attached hydrogens (tertiary/aromatic N) is 2. The maximum atomic E-state index is 2.59. The molecule has 16 aromatic rings. The van der Waals surface area contributed by atoms with Crippen LogP contribution in [-0.4, -0.2) is 0 Å². The summed E-state index contributed by atoms with van der Waals surface area (Å²) in [4.78, 5) is 5.17. The van der Waals surface area contributed by atoms with Crippen molar-refractivity contribution >= 4 is 142 Å². The summed E-state index contributed by atoms with van der Waals surface area (Å²) >= 11 is 0. The third kappa shape index (κ3) is 5.96. The highest BCUT2D eigenvalue weighted by Gasteiger charge is 2.38. The van der Waals surface area contributed by atoms with Crippen LogP contribution in [0.4, 0.5) is 34.1 Å². The zero-order valence-electron chi connectivity index (χ0n) is 42.6. The molecule has 0 unspecified atom stereocenters. The minimum absolute atomic E-state index is 0.360. The monoisotopic (exact) mass is 976 g/mol. The van der Waals surface area contributed by atoms with Crippen LogP contribution in [0.2, 0.25) is 0 Å². The van der Waals surface area contributed by atoms with E-state index in [1.165, 1.54) is 153 Å². The lowest BCUT2D eigenvalue weighted by Gasteiger charge is -2.32. The Hall–Kier alpha value is -9.76. The Morgan fingerprint density at radius 1 is 0.247 bits per heavy atom. The summed E-state index contributed by atoms with van der Waals surface area (Å²) in [7, 11) is 0. The zero-order chi connectivity index (χ0) is 50.7. The van der Waals surface area contributed by atoms with Crippen LogP contribution in [0.25, 0.3) is 119 Å². The van der Waals surface area contributed by atoms with Crippen LogP contribution in [0.5, 0.6) is 0 Å². The first kappa shape index (κ1) is 42.6. The van der Waals surface area contributed by atoms with Crippen molar-refractivity contribution in [3.63, 3.8) is 0 Å². The van der Waals surface area contributed by atoms with Crippen molar-refractivity contribution in [2.24, 2.45) is 0 Å². The summed E-state index contributed by atoms with van der Waals surface area (Å²) in [6, 6.07) is 96.3. The lowest BCUT2D eigenvalue weighted by molar-refractivity contribution is 0.660. The summed E-state index contributed by atoms with van der Waals surface area (Å²) in [5.41, 5.74) is 11.8. The minimum atomic E-state index is -0.360. The second-order valence-electron chi connectivity index (χ2n) is 22.0. The van der Waals surface area contributed by atoms with Crippen molar-refractivity contribution in [2.75, 3.05) is 9.80 Å². The lowest BCUT2D eigenvalue weighted by atomic mass is 9.82. The first-order valence-corrected chi connectivity index (χ1v) is 27.0. The van der Waals surface area contributed by atoms with Gasteiger partial charge in [0, 0.05) is 49.1 Å². The summed E-state index contributed by atoms with van der Waals surface area (Å²) in [5, 5.41) is 25.1. The predicted octanol–water partition coefficient (Wildman–Crippen LogP) is 21.3. The Morgan fingerprint density at radius 3 is 0.935 bits per heavy atom. The Balaban J connectivity index is 0.902. The molecule has 2 heteroatoms. The summed E-state index contributed by atoms with van der Waals surface area (Å²) in [6.07, 6.45) is 0. The Bertz CT molecular complexity index is 4700. The highest BCUT2D eigenvalue weighted by Crippen LogP contribution is 2.56. The lowest BCUT2D eigenvalue weighted by Crippen LogP contribution is -2.18. The summed E-state index contributed by atoms with van der Waals surface area (Å²) in [6.45, 7) is 4.87. The number of benzene rings is 16. The van der Waals surface area contributed by atoms with Crippen molar-refractivity contribution in [1.82, 2.24) is 0 Å². The van der Waals surface area contributed by atoms with Gasteiger partial charge in [0.15, 0.2) is 0 Å². The molecule has 77 heavy (non-hydrogen) atoms. The molecule has 0 atom stereocenters. The fourth-order valence-electron chi connectivity index (χ4n) is 14.1. The van der Waals surface area contributed by atoms with E-state index < -0.39 is 0 Å². The van der Waals surface area contributed by atoms with Gasteiger partial charge in [-0.25, -0.2) is 0 Å². The van der Waals surface area contributed by atoms with E-state index in [2.05, 4.69) is 278 Å². The molecule has 1 aliphatic carbocycles. The molecule has 0 radical (unpaired) electrons. The molecule has 0 aromatic heterocycles. The molecule has 0 N–H and O–H groups in total. The molecular weight excluding hydrogens is 929 g/mol. The van der Waals surface area contributed by atoms with Gasteiger partial charge in [0.2, 0.25) is 0 Å². The van der Waals surface area contributed by atoms with Gasteiger partial charge < -0.3 is 9.80 Å². The van der Waals surface area contributed by atoms with E-state index in [4.69, 9.17) is 0 Å². The van der Waals surface area contributed by atoms with Gasteiger partial charge in [-0.3, -0.25) is 0 Å². The van der Waals surface area contributed by atoms with Gasteiger partial charge in [-0.15, -0.1) is 0 Å². The summed E-state index contributed by atoms with van der Waals surface area (Å²) in [5.74, 6) is 0. The number of hydrogen-bond donors (Lipinski definition) is 0. The normalized spacial score (nSPS) is 13.2. The number of hydrogen-bond acceptors (Lipinski definition) is 2. The van der Waals surface area contributed by atoms with Crippen molar-refractivity contribution < 1.29 is 0 Å². The number of fused-ring (bicyclic) bond motifs is 7. The van der Waals surface area contributed by atoms with E-state index in [9.17, 15) is 0 Å². The molecule has 0 saturated carbocycles. The molecule has 16 aromatic carbocycles. The van der Waals surface area contributed by atoms with Gasteiger partial charge in [0.1, 0.15) is 0 Å². The van der Waals surface area contributed by atoms with E-state index in [1.54, 1.807) is 0 Å². The van der Waals surface area contributed by atoms with Crippen molar-refractivity contribution in [3.8, 4) is 11.1 Å². The Kier molecular flexibility index (Phi) is 8.65. The van der Waals surface area contributed by atoms with Crippen LogP contribution in [-0.2, 0) is 5.41 Å². The van der Waals surface area contributed by atoms with Gasteiger partial charge >= 0.3 is 0 Å². The van der Waals surface area contributed by atoms with Gasteiger partial charge in [-0.05, 0) is 146 Å². The highest BCUT2D eigenvalue weighted by molar-refractivity contribution is 6.28. The molecule has 2 nitrogen and oxygen atoms in total. The molecule has 17 rings (SSSR count). The molecule has 0 amide bonds. The maximum absolute atomic E-state index is 2.59. The molecule has 1 aliphatic rings. The van der Waals surface area contributed by atoms with E-state index in [0.29, 0.717) is 0 Å². The fourth-order valence-corrected chi connectivity index (χ4v) is 14.1. The van der Waals surface area contributed by atoms with Gasteiger partial charge in [0.05, 0.1) is 22.7 Å². The van der Waals surface area contributed by atoms with Gasteiger partial charge in [0.25, 0.3) is 0 Å². The fraction of sp³-hybridized carbons (Fsp3) is 0.0400. The first-order valence-electron chi connectivity index (χ1n) is 27.0. The SMILES string of the molecule is CC1(C)c2cc(N(c3c4ccccc4cc4ccccc34)c3ccc4ccc5cccc6ccc3c4c56)ccc2-c2ccc(N(c3c4ccccc4cc4ccccc34)c3ccc4ccc5cccc6ccc3c4c56)cc21. The number of anilines is 6. The van der Waals surface area contributed by atoms with Crippen molar-refractivity contribution in [3.05, 3.63) is 266 Å². The third-order valence-electron chi connectivity index (χ3n) is 17.6. The predicted molar refractivity (Wildman–Crippen MR) is 331 cm³/mol. The van der Waals surface area contributed by atoms with Gasteiger partial charge in [-0.1, -0.05) is 220 Å². The molecule has 0 aliphatic heterocycles. The summed E-state index contributed by atoms with van der Waals surface area (Å²) < 4.78 is 0. The quantitative estimate of drug-likeness (QED) is 0.121. The largest absolute Gasteiger partial charge is 0.309 e. The van der Waals surface area contributed by atoms with E-state index in [-0.39, 0.29) is 5.41 Å². The van der Waals surface area contributed by atoms with Crippen molar-refractivity contribution in [2.45, 2.75) is 19.3 Å². The molecule has 0 spiro atoms. The van der Waals surface area contributed by atoms with Crippen LogP contribution >= 0.6 is 0 Å². The van der Waals surface area contributed by atoms with Crippen LogP contribution in [0.15, 0.2) is 255 Å². The Labute approximate surface area is 445 Å². The van der Waals surface area contributed by atoms with Crippen LogP contribution < -0.4 is 9.80 Å². The second-order valence-corrected chi connectivity index (χ2v) is 22.0. The average molecular weight is 977 g/mol. The van der Waals surface area contributed by atoms with Crippen LogP contribution in [0.1, 0.15) is 25.0 Å². The van der Waals surface area contributed by atoms with E-state index in [0.717, 1.165) is 11.4 Å². The third-order valence-corrected chi connectivity index (χ3v) is 17.6. The number of rotatable bonds is 6. The zero-order valence-corrected chi connectivity index (χ0v) is 42.6. The molecule has 0 bridgehead atoms. The van der Waals surface area contributed by atoms with Crippen LogP contribution in [0.3, 0.4) is 0 Å². The molecule has 0 fully saturated rings. The molecule has 0 saturated heterocycles. The Morgan fingerprint density at radius 2 is 0.558 bits per heavy atom. The van der Waals surface area contributed by atoms with Crippen LogP contribution in [0, 0.1) is 0 Å². The van der Waals surface area contributed by atoms with E-state index in [1.807, 2.05) is 0 Å². The minimum Gasteiger partial charge on any atom is -0.309 e. The maximum Gasteiger partial charge on any atom is 0.0618 e. The first-order chi connectivity index (χ1) is 37.9. The standard InChI is InChI=1S/C75H48N2/c1-75(2)65-43-55(76(73-57-21-7-3-13-51(57)41-52-14-4-8-22-58(52)73)67-39-31-49-27-25-45-17-11-19-47-29-35-63(67)71(49)69(45)47)33-37-61(65)62-38-34-56(44-66(62)75)77(74-59-23-9-5-15-53(59)42-54-16-6-10-24-60(54)74)68-40-32-50-28-26-46-18-12-20-48-30-36-64(68)72(50)70(46)48/h3-44H,1-2H3. The molecule has 0 heterocycles. The molecular formula is C75H48N2. The average Bonchev–Trinajstić information content (AvgIpc) is 3.84. The molecule has 358 valence electrons. The van der Waals surface area contributed by atoms with E-state index >= 15 is 0 Å². The van der Waals surface area contributed by atoms with Gasteiger partial charge in [-0.2, -0.15) is 0 Å². The van der Waals surface area contributed by atoms with Crippen molar-refractivity contribution in [1.29, 1.82) is 0 Å².